The minimum atomic E-state index is -3.61. The smallest absolute Gasteiger partial charge is 0.325 e. The highest BCUT2D eigenvalue weighted by Crippen LogP contribution is 2.63. The highest BCUT2D eigenvalue weighted by atomic mass is 32.3. The van der Waals surface area contributed by atoms with Gasteiger partial charge in [-0.1, -0.05) is 53.2 Å². The van der Waals surface area contributed by atoms with Crippen LogP contribution in [0.4, 0.5) is 0 Å². The van der Waals surface area contributed by atoms with Crippen LogP contribution in [0.5, 0.6) is 5.75 Å². The molecule has 1 heterocycles. The van der Waals surface area contributed by atoms with Gasteiger partial charge in [-0.25, -0.2) is 4.31 Å². The van der Waals surface area contributed by atoms with E-state index in [-0.39, 0.29) is 23.8 Å². The highest BCUT2D eigenvalue weighted by Gasteiger charge is 2.49. The Balaban J connectivity index is 1.78. The average molecular weight is 461 g/mol. The number of nitrogens with zero attached hydrogens (tertiary/aromatic N) is 1. The summed E-state index contributed by atoms with van der Waals surface area (Å²) in [4.78, 5) is 25.5. The van der Waals surface area contributed by atoms with Crippen LogP contribution in [0.15, 0.2) is 60.3 Å². The van der Waals surface area contributed by atoms with Gasteiger partial charge in [-0.2, -0.15) is 0 Å². The van der Waals surface area contributed by atoms with Gasteiger partial charge in [-0.15, -0.1) is 0 Å². The maximum Gasteiger partial charge on any atom is 0.325 e. The number of rotatable bonds is 7. The summed E-state index contributed by atoms with van der Waals surface area (Å²) < 4.78 is 33.5. The Morgan fingerprint density at radius 3 is 2.25 bits per heavy atom. The molecular formula is C23H28N2O6S. The fourth-order valence-electron chi connectivity index (χ4n) is 3.37. The second-order valence-corrected chi connectivity index (χ2v) is 10.0. The Morgan fingerprint density at radius 1 is 1.06 bits per heavy atom. The third-order valence-corrected chi connectivity index (χ3v) is 6.98. The van der Waals surface area contributed by atoms with E-state index < -0.39 is 28.2 Å². The van der Waals surface area contributed by atoms with Gasteiger partial charge in [0, 0.05) is 5.56 Å². The van der Waals surface area contributed by atoms with E-state index in [1.807, 2.05) is 0 Å². The number of nitrogens with one attached hydrogen (secondary N) is 1. The number of hydrogen-bond donors (Lipinski definition) is 3. The van der Waals surface area contributed by atoms with Crippen LogP contribution in [0.25, 0.3) is 4.91 Å². The Hall–Kier alpha value is -3.01. The molecule has 0 bridgehead atoms. The summed E-state index contributed by atoms with van der Waals surface area (Å²) in [6.45, 7) is 4.91. The zero-order valence-corrected chi connectivity index (χ0v) is 19.3. The number of ether oxygens (including phenoxy) is 2. The lowest BCUT2D eigenvalue weighted by Crippen LogP contribution is -2.45. The molecule has 0 aliphatic carbocycles. The van der Waals surface area contributed by atoms with Crippen LogP contribution < -0.4 is 10.1 Å². The predicted molar refractivity (Wildman–Crippen MR) is 124 cm³/mol. The normalized spacial score (nSPS) is 16.7. The van der Waals surface area contributed by atoms with Crippen LogP contribution in [-0.2, 0) is 20.9 Å². The number of carbonyl (C=O) groups is 2. The molecular weight excluding hydrogens is 432 g/mol. The summed E-state index contributed by atoms with van der Waals surface area (Å²) in [7, 11) is -2.04. The van der Waals surface area contributed by atoms with Crippen molar-refractivity contribution in [1.82, 2.24) is 9.62 Å². The molecule has 2 aromatic rings. The molecule has 3 rings (SSSR count). The van der Waals surface area contributed by atoms with Crippen LogP contribution in [-0.4, -0.2) is 44.5 Å². The monoisotopic (exact) mass is 460 g/mol. The number of carbonyl (C=O) groups excluding carboxylic acids is 2. The predicted octanol–water partition coefficient (Wildman–Crippen LogP) is 4.00. The fraction of sp³-hybridized carbons (Fsp3) is 0.304. The lowest BCUT2D eigenvalue weighted by molar-refractivity contribution is -0.143. The number of methoxy groups -OCH3 is 1. The third-order valence-electron chi connectivity index (χ3n) is 4.77. The summed E-state index contributed by atoms with van der Waals surface area (Å²) in [5.74, 6) is -0.470. The highest BCUT2D eigenvalue weighted by molar-refractivity contribution is 8.31. The zero-order valence-electron chi connectivity index (χ0n) is 18.5. The SMILES string of the molecule is COc1ccc(COC(=O)CNC2=C(c3ccccc3)S(O)(O)N(C(C)(C)C)C2=O)cc1. The van der Waals surface area contributed by atoms with Crippen molar-refractivity contribution in [3.63, 3.8) is 0 Å². The van der Waals surface area contributed by atoms with E-state index >= 15 is 0 Å². The lowest BCUT2D eigenvalue weighted by Gasteiger charge is -2.45. The molecule has 0 spiro atoms. The van der Waals surface area contributed by atoms with Crippen LogP contribution in [0.1, 0.15) is 31.9 Å². The van der Waals surface area contributed by atoms with Crippen LogP contribution >= 0.6 is 10.8 Å². The number of amides is 1. The van der Waals surface area contributed by atoms with Crippen molar-refractivity contribution in [3.8, 4) is 5.75 Å². The Bertz CT molecular complexity index is 1010. The first-order valence-corrected chi connectivity index (χ1v) is 11.5. The van der Waals surface area contributed by atoms with Gasteiger partial charge in [0.2, 0.25) is 0 Å². The van der Waals surface area contributed by atoms with E-state index in [4.69, 9.17) is 9.47 Å². The number of hydrogen-bond acceptors (Lipinski definition) is 7. The van der Waals surface area contributed by atoms with Gasteiger partial charge in [0.05, 0.1) is 12.6 Å². The first-order valence-electron chi connectivity index (χ1n) is 10.0. The van der Waals surface area contributed by atoms with E-state index in [9.17, 15) is 18.7 Å². The first kappa shape index (κ1) is 23.6. The van der Waals surface area contributed by atoms with E-state index in [0.717, 1.165) is 9.87 Å². The first-order chi connectivity index (χ1) is 15.1. The second-order valence-electron chi connectivity index (χ2n) is 8.22. The van der Waals surface area contributed by atoms with E-state index in [0.29, 0.717) is 11.3 Å². The van der Waals surface area contributed by atoms with Gasteiger partial charge in [0.15, 0.2) is 0 Å². The maximum absolute atomic E-state index is 13.1. The lowest BCUT2D eigenvalue weighted by atomic mass is 10.1. The molecule has 32 heavy (non-hydrogen) atoms. The standard InChI is InChI=1S/C23H28N2O6S/c1-23(2,3)25-22(27)20(21(32(25,28)29)17-8-6-5-7-9-17)24-14-19(26)31-15-16-10-12-18(30-4)13-11-16/h5-13,24,28-29H,14-15H2,1-4H3. The third kappa shape index (κ3) is 4.90. The molecule has 0 radical (unpaired) electrons. The molecule has 2 aromatic carbocycles. The summed E-state index contributed by atoms with van der Waals surface area (Å²) in [5.41, 5.74) is 0.399. The Morgan fingerprint density at radius 2 is 1.69 bits per heavy atom. The molecule has 1 aliphatic rings. The van der Waals surface area contributed by atoms with Gasteiger partial charge in [-0.05, 0) is 38.5 Å². The largest absolute Gasteiger partial charge is 0.497 e. The molecule has 0 unspecified atom stereocenters. The average Bonchev–Trinajstić information content (AvgIpc) is 2.95. The molecule has 1 amide bonds. The van der Waals surface area contributed by atoms with E-state index in [1.54, 1.807) is 82.5 Å². The fourth-order valence-corrected chi connectivity index (χ4v) is 5.53. The van der Waals surface area contributed by atoms with Gasteiger partial charge in [0.1, 0.15) is 29.5 Å². The maximum atomic E-state index is 13.1. The molecule has 0 saturated carbocycles. The van der Waals surface area contributed by atoms with Crippen molar-refractivity contribution in [3.05, 3.63) is 71.4 Å². The summed E-state index contributed by atoms with van der Waals surface area (Å²) in [6.07, 6.45) is 0. The Labute approximate surface area is 189 Å². The van der Waals surface area contributed by atoms with Gasteiger partial charge >= 0.3 is 5.97 Å². The molecule has 0 fully saturated rings. The van der Waals surface area contributed by atoms with E-state index in [1.165, 1.54) is 0 Å². The van der Waals surface area contributed by atoms with Crippen molar-refractivity contribution in [2.45, 2.75) is 32.9 Å². The topological polar surface area (TPSA) is 108 Å². The van der Waals surface area contributed by atoms with Crippen LogP contribution in [0.2, 0.25) is 0 Å². The van der Waals surface area contributed by atoms with Crippen molar-refractivity contribution >= 4 is 27.6 Å². The molecule has 1 aliphatic heterocycles. The van der Waals surface area contributed by atoms with Crippen LogP contribution in [0, 0.1) is 0 Å². The quantitative estimate of drug-likeness (QED) is 0.536. The molecule has 0 atom stereocenters. The number of benzene rings is 2. The van der Waals surface area contributed by atoms with Crippen molar-refractivity contribution in [2.75, 3.05) is 13.7 Å². The second kappa shape index (κ2) is 9.23. The molecule has 9 heteroatoms. The van der Waals surface area contributed by atoms with E-state index in [2.05, 4.69) is 5.32 Å². The minimum Gasteiger partial charge on any atom is -0.497 e. The zero-order chi connectivity index (χ0) is 23.5. The molecule has 172 valence electrons. The van der Waals surface area contributed by atoms with Crippen molar-refractivity contribution in [2.24, 2.45) is 0 Å². The molecule has 3 N–H and O–H groups in total. The van der Waals surface area contributed by atoms with Crippen molar-refractivity contribution < 1.29 is 28.2 Å². The van der Waals surface area contributed by atoms with Gasteiger partial charge in [-0.3, -0.25) is 18.7 Å². The summed E-state index contributed by atoms with van der Waals surface area (Å²) in [5, 5.41) is 2.79. The van der Waals surface area contributed by atoms with Gasteiger partial charge in [0.25, 0.3) is 5.91 Å². The summed E-state index contributed by atoms with van der Waals surface area (Å²) in [6, 6.07) is 15.7. The molecule has 0 aromatic heterocycles. The van der Waals surface area contributed by atoms with Gasteiger partial charge < -0.3 is 14.8 Å². The summed E-state index contributed by atoms with van der Waals surface area (Å²) >= 11 is 0. The Kier molecular flexibility index (Phi) is 6.82. The molecule has 8 nitrogen and oxygen atoms in total. The number of esters is 1. The minimum absolute atomic E-state index is 0.0208. The van der Waals surface area contributed by atoms with Crippen molar-refractivity contribution in [1.29, 1.82) is 0 Å². The van der Waals surface area contributed by atoms with Crippen LogP contribution in [0.3, 0.4) is 0 Å². The molecule has 0 saturated heterocycles.